The van der Waals surface area contributed by atoms with Crippen molar-refractivity contribution in [3.8, 4) is 112 Å². The normalized spacial score (nSPS) is 17.0. The van der Waals surface area contributed by atoms with Gasteiger partial charge in [0.1, 0.15) is 35.2 Å². The highest BCUT2D eigenvalue weighted by Gasteiger charge is 2.26. The molecule has 10 aromatic carbocycles. The number of hydrogen-bond donors (Lipinski definition) is 0. The van der Waals surface area contributed by atoms with Crippen LogP contribution in [-0.2, 0) is 41.6 Å². The summed E-state index contributed by atoms with van der Waals surface area (Å²) in [7, 11) is 9.10. The third-order valence-electron chi connectivity index (χ3n) is 22.8. The Hall–Kier alpha value is -12.1. The summed E-state index contributed by atoms with van der Waals surface area (Å²) in [4.78, 5) is 0. The Labute approximate surface area is 782 Å². The van der Waals surface area contributed by atoms with Crippen molar-refractivity contribution in [1.29, 1.82) is 0 Å². The van der Waals surface area contributed by atoms with Crippen LogP contribution in [0, 0.1) is 109 Å². The van der Waals surface area contributed by atoms with Gasteiger partial charge in [0.2, 0.25) is 28.5 Å². The molecule has 16 rings (SSSR count). The van der Waals surface area contributed by atoms with E-state index in [4.69, 9.17) is 42.5 Å². The van der Waals surface area contributed by atoms with Crippen LogP contribution in [0.2, 0.25) is 0 Å². The van der Waals surface area contributed by atoms with Crippen LogP contribution in [0.15, 0.2) is 286 Å². The molecular formula is C118H134N5+5. The summed E-state index contributed by atoms with van der Waals surface area (Å²) in [5, 5.41) is 0. The highest BCUT2D eigenvalue weighted by atomic mass is 14.9. The molecule has 0 bridgehead atoms. The lowest BCUT2D eigenvalue weighted by atomic mass is 9.83. The van der Waals surface area contributed by atoms with Crippen LogP contribution in [0.3, 0.4) is 0 Å². The molecule has 5 heteroatoms. The van der Waals surface area contributed by atoms with Gasteiger partial charge < -0.3 is 0 Å². The van der Waals surface area contributed by atoms with E-state index in [1.54, 1.807) is 141 Å². The summed E-state index contributed by atoms with van der Waals surface area (Å²) in [6.45, 7) is -2.49. The van der Waals surface area contributed by atoms with E-state index >= 15 is 0 Å². The molecule has 0 saturated heterocycles. The summed E-state index contributed by atoms with van der Waals surface area (Å²) in [6, 6.07) is 78.1. The molecule has 0 spiro atoms. The third kappa shape index (κ3) is 21.9. The van der Waals surface area contributed by atoms with Crippen LogP contribution in [0.5, 0.6) is 0 Å². The first-order valence-electron chi connectivity index (χ1n) is 57.4. The van der Waals surface area contributed by atoms with Crippen molar-refractivity contribution in [2.45, 2.75) is 181 Å². The molecule has 1 aliphatic carbocycles. The van der Waals surface area contributed by atoms with Crippen molar-refractivity contribution in [2.24, 2.45) is 41.2 Å². The van der Waals surface area contributed by atoms with Crippen LogP contribution in [-0.4, -0.2) is 0 Å². The van der Waals surface area contributed by atoms with Gasteiger partial charge in [-0.15, -0.1) is 0 Å². The first-order valence-corrected chi connectivity index (χ1v) is 41.9. The molecule has 0 aliphatic heterocycles. The van der Waals surface area contributed by atoms with Crippen LogP contribution < -0.4 is 22.8 Å². The fraction of sp³-hybridized carbons (Fsp3) is 0.280. The van der Waals surface area contributed by atoms with Crippen LogP contribution in [0.4, 0.5) is 0 Å². The van der Waals surface area contributed by atoms with E-state index in [2.05, 4.69) is 16.7 Å². The second-order valence-corrected chi connectivity index (χ2v) is 32.7. The minimum atomic E-state index is -2.48. The van der Waals surface area contributed by atoms with Gasteiger partial charge in [0.05, 0.1) is 0 Å². The number of benzene rings is 10. The molecule has 1 saturated carbocycles. The maximum Gasteiger partial charge on any atom is 0.212 e. The zero-order valence-electron chi connectivity index (χ0n) is 104. The van der Waals surface area contributed by atoms with E-state index in [0.29, 0.717) is 72.5 Å². The maximum absolute atomic E-state index is 9.05. The van der Waals surface area contributed by atoms with Crippen LogP contribution in [0.25, 0.3) is 112 Å². The quantitative estimate of drug-likeness (QED) is 0.0967. The van der Waals surface area contributed by atoms with Gasteiger partial charge in [-0.3, -0.25) is 0 Å². The van der Waals surface area contributed by atoms with Crippen molar-refractivity contribution in [3.05, 3.63) is 386 Å². The van der Waals surface area contributed by atoms with Gasteiger partial charge in [-0.2, -0.15) is 0 Å². The van der Waals surface area contributed by atoms with E-state index in [0.717, 1.165) is 132 Å². The van der Waals surface area contributed by atoms with Gasteiger partial charge in [-0.05, 0) is 310 Å². The van der Waals surface area contributed by atoms with E-state index in [-0.39, 0.29) is 33.4 Å². The van der Waals surface area contributed by atoms with Gasteiger partial charge in [-0.25, -0.2) is 22.8 Å². The molecule has 0 amide bonds. The molecule has 5 nitrogen and oxygen atoms in total. The second-order valence-electron chi connectivity index (χ2n) is 32.7. The fourth-order valence-electron chi connectivity index (χ4n) is 16.1. The summed E-state index contributed by atoms with van der Waals surface area (Å²) in [6.07, 6.45) is 11.6. The molecule has 1 fully saturated rings. The van der Waals surface area contributed by atoms with Gasteiger partial charge in [0.25, 0.3) is 0 Å². The topological polar surface area (TPSA) is 19.4 Å². The van der Waals surface area contributed by atoms with E-state index in [9.17, 15) is 0 Å². The zero-order valence-corrected chi connectivity index (χ0v) is 73.5. The molecule has 626 valence electrons. The molecule has 5 aromatic heterocycles. The predicted molar refractivity (Wildman–Crippen MR) is 522 cm³/mol. The number of pyridine rings is 5. The lowest BCUT2D eigenvalue weighted by Crippen LogP contribution is -2.32. The highest BCUT2D eigenvalue weighted by molar-refractivity contribution is 5.81. The Morgan fingerprint density at radius 3 is 0.984 bits per heavy atom. The van der Waals surface area contributed by atoms with E-state index < -0.39 is 85.7 Å². The van der Waals surface area contributed by atoms with Crippen molar-refractivity contribution < 1.29 is 65.3 Å². The van der Waals surface area contributed by atoms with Crippen molar-refractivity contribution in [2.75, 3.05) is 0 Å². The number of nitrogens with zero attached hydrogens (tertiary/aromatic N) is 5. The number of aromatic nitrogens is 5. The fourth-order valence-corrected chi connectivity index (χ4v) is 16.1. The second kappa shape index (κ2) is 40.8. The first kappa shape index (κ1) is 57.3. The number of rotatable bonds is 14. The molecule has 15 aromatic rings. The standard InChI is InChI=1S/C26H30N.C25H30N.C24H28N.C22H24N.C21H22N/c1-19-16-20(2)25(18-24(19)22-12-8-5-9-13-22)26-17-23(14-15-27(26)3)21-10-6-4-7-11-21;1-17(2)12-22-14-25(26(6)16-20(22)5)24-15-23(18(3)13-19(24)4)21-10-8-7-9-11-21;1-16(2)21-14-24(25(6)15-19(21)5)23-13-22(17(3)12-18(23)4)20-10-8-7-9-11-20;1-15-12-22(23(5)14-18(15)4)21-13-20(16(2)11-17(21)3)19-9-7-6-8-10-19;1-15-10-11-21(22(4)14-15)20-13-19(16(2)12-17(20)3)18-8-6-5-7-9-18/h5,8-9,12-18,21H,4,6-7,10-11H2,1-3H3;7-11,13-17H,12H2,1-6H3;7-16H,1-6H3;6-14H,1-5H3;5-14H,1-4H3/q5*+1/i1D3,21D;3D3,5D3,12D2;3D3,5D3,16D;2D3,4D3;1D3,2D3. The summed E-state index contributed by atoms with van der Waals surface area (Å²) in [5.41, 5.74) is 24.1. The zero-order chi connectivity index (χ0) is 114. The predicted octanol–water partition coefficient (Wildman–Crippen LogP) is 28.2. The summed E-state index contributed by atoms with van der Waals surface area (Å²) in [5.74, 6) is -2.11. The Bertz CT molecular complexity index is 7530. The number of aryl methyl sites for hydroxylation is 20. The maximum atomic E-state index is 9.05. The Morgan fingerprint density at radius 2 is 0.634 bits per heavy atom. The SMILES string of the molecule is [2H]C([2H])([2H])c1c[n+](C)c(-c2cc(-c3ccccc3)c(C([2H])([2H])[2H])cc2C)cc1C.[2H]C([2H])([2H])c1cc(C)c(-c2cc(C([2H])(C)C)c(C([2H])([2H])[2H])c[n+]2C)cc1-c1ccccc1.[2H]C([2H])([2H])c1cc(C)c(-c2cc(C([2H])([2H])C(C)C)c(C([2H])([2H])[2H])c[n+]2C)cc1-c1ccccc1.[2H]C([2H])([2H])c1cc(C)c(-c2cc(C3([2H])CCCCC3)cc[n+]2C)cc1-c1ccccc1.[2H]C([2H])([2H])c1ccc(-c2cc(-c3ccccc3)c(C([2H])([2H])[2H])cc2C)[n+](C)c1. The van der Waals surface area contributed by atoms with E-state index in [1.807, 2.05) is 249 Å². The molecule has 0 N–H and O–H groups in total. The first-order chi connectivity index (χ1) is 71.2. The Kier molecular flexibility index (Phi) is 19.0. The molecular weight excluding hydrogens is 1490 g/mol. The molecule has 123 heavy (non-hydrogen) atoms. The minimum Gasteiger partial charge on any atom is -0.201 e. The number of hydrogen-bond acceptors (Lipinski definition) is 0. The van der Waals surface area contributed by atoms with Crippen molar-refractivity contribution in [3.63, 3.8) is 0 Å². The van der Waals surface area contributed by atoms with Crippen LogP contribution >= 0.6 is 0 Å². The Balaban J connectivity index is 0.000000170. The summed E-state index contributed by atoms with van der Waals surface area (Å²) >= 11 is 0. The smallest absolute Gasteiger partial charge is 0.201 e. The largest absolute Gasteiger partial charge is 0.212 e. The molecule has 0 unspecified atom stereocenters. The molecule has 1 aliphatic rings. The van der Waals surface area contributed by atoms with Crippen molar-refractivity contribution in [1.82, 2.24) is 0 Å². The van der Waals surface area contributed by atoms with E-state index in [1.165, 1.54) is 12.6 Å². The van der Waals surface area contributed by atoms with Crippen LogP contribution in [0.1, 0.15) is 214 Å². The van der Waals surface area contributed by atoms with Gasteiger partial charge in [0.15, 0.2) is 31.0 Å². The van der Waals surface area contributed by atoms with Crippen molar-refractivity contribution >= 4 is 0 Å². The van der Waals surface area contributed by atoms with Gasteiger partial charge in [-0.1, -0.05) is 229 Å². The van der Waals surface area contributed by atoms with Gasteiger partial charge in [0, 0.05) is 129 Å². The Morgan fingerprint density at radius 1 is 0.301 bits per heavy atom. The van der Waals surface area contributed by atoms with Gasteiger partial charge >= 0.3 is 0 Å². The molecule has 5 heterocycles. The molecule has 0 atom stereocenters. The average Bonchev–Trinajstić information content (AvgIpc) is 0.746. The highest BCUT2D eigenvalue weighted by Crippen LogP contribution is 2.40. The average molecular weight is 1650 g/mol. The monoisotopic (exact) mass is 1650 g/mol. The minimum absolute atomic E-state index is 0.0301. The lowest BCUT2D eigenvalue weighted by Gasteiger charge is -2.22. The lowest BCUT2D eigenvalue weighted by molar-refractivity contribution is -0.660. The third-order valence-corrected chi connectivity index (χ3v) is 22.8. The molecule has 0 radical (unpaired) electrons. The summed E-state index contributed by atoms with van der Waals surface area (Å²) < 4.78 is 258.